The van der Waals surface area contributed by atoms with Crippen LogP contribution in [-0.2, 0) is 20.7 Å². The third kappa shape index (κ3) is 3.41. The molecule has 1 aromatic rings. The molecule has 1 unspecified atom stereocenters. The normalized spacial score (nSPS) is 22.6. The van der Waals surface area contributed by atoms with E-state index in [1.807, 2.05) is 6.08 Å². The van der Waals surface area contributed by atoms with Gasteiger partial charge in [-0.2, -0.15) is 0 Å². The van der Waals surface area contributed by atoms with E-state index in [1.165, 1.54) is 25.0 Å². The van der Waals surface area contributed by atoms with Crippen LogP contribution in [0, 0.1) is 5.82 Å². The molecule has 1 aromatic carbocycles. The SMILES string of the molecule is COC(=O)N1CC=C(c2cc3c(cc2F)N2C(=O)O[C@@H](CNC(C)=O)C2C3)CC1. The van der Waals surface area contributed by atoms with Gasteiger partial charge in [0.05, 0.1) is 25.4 Å². The lowest BCUT2D eigenvalue weighted by Crippen LogP contribution is -2.40. The minimum atomic E-state index is -0.526. The van der Waals surface area contributed by atoms with E-state index >= 15 is 0 Å². The first kappa shape index (κ1) is 19.2. The third-order valence-electron chi connectivity index (χ3n) is 5.61. The molecule has 0 saturated carbocycles. The molecule has 3 aliphatic rings. The second-order valence-electron chi connectivity index (χ2n) is 7.36. The number of hydrogen-bond acceptors (Lipinski definition) is 5. The number of benzene rings is 1. The maximum atomic E-state index is 14.9. The molecule has 0 aliphatic carbocycles. The minimum absolute atomic E-state index is 0.200. The van der Waals surface area contributed by atoms with Crippen LogP contribution in [0.15, 0.2) is 18.2 Å². The molecule has 0 bridgehead atoms. The third-order valence-corrected chi connectivity index (χ3v) is 5.61. The predicted octanol–water partition coefficient (Wildman–Crippen LogP) is 2.07. The molecular formula is C20H22FN3O5. The van der Waals surface area contributed by atoms with Gasteiger partial charge in [0.25, 0.3) is 0 Å². The molecule has 1 fully saturated rings. The summed E-state index contributed by atoms with van der Waals surface area (Å²) in [5.41, 5.74) is 2.70. The number of carbonyl (C=O) groups excluding carboxylic acids is 3. The van der Waals surface area contributed by atoms with Crippen LogP contribution in [0.4, 0.5) is 19.7 Å². The van der Waals surface area contributed by atoms with E-state index in [0.29, 0.717) is 37.2 Å². The van der Waals surface area contributed by atoms with Gasteiger partial charge >= 0.3 is 12.2 Å². The van der Waals surface area contributed by atoms with Gasteiger partial charge in [-0.3, -0.25) is 9.69 Å². The van der Waals surface area contributed by atoms with Crippen LogP contribution >= 0.6 is 0 Å². The largest absolute Gasteiger partial charge is 0.453 e. The molecule has 0 aromatic heterocycles. The second-order valence-corrected chi connectivity index (χ2v) is 7.36. The van der Waals surface area contributed by atoms with E-state index in [1.54, 1.807) is 11.0 Å². The fourth-order valence-electron chi connectivity index (χ4n) is 4.16. The van der Waals surface area contributed by atoms with Gasteiger partial charge in [-0.1, -0.05) is 6.08 Å². The molecule has 154 valence electrons. The van der Waals surface area contributed by atoms with Crippen molar-refractivity contribution in [3.8, 4) is 0 Å². The average molecular weight is 403 g/mol. The van der Waals surface area contributed by atoms with E-state index in [0.717, 1.165) is 11.1 Å². The standard InChI is InChI=1S/C20H22FN3O5/c1-11(25)22-10-18-17-8-13-7-14(12-3-5-23(6-4-12)19(26)28-2)15(21)9-16(13)24(17)20(27)29-18/h3,7,9,17-18H,4-6,8,10H2,1-2H3,(H,22,25)/t17?,18-/m0/s1. The lowest BCUT2D eigenvalue weighted by atomic mass is 9.95. The summed E-state index contributed by atoms with van der Waals surface area (Å²) in [5, 5.41) is 2.67. The van der Waals surface area contributed by atoms with Gasteiger partial charge in [-0.25, -0.2) is 14.0 Å². The van der Waals surface area contributed by atoms with Crippen LogP contribution in [0.25, 0.3) is 5.57 Å². The number of hydrogen-bond donors (Lipinski definition) is 1. The number of fused-ring (bicyclic) bond motifs is 3. The molecule has 0 spiro atoms. The maximum Gasteiger partial charge on any atom is 0.415 e. The Morgan fingerprint density at radius 2 is 2.17 bits per heavy atom. The summed E-state index contributed by atoms with van der Waals surface area (Å²) < 4.78 is 25.0. The van der Waals surface area contributed by atoms with Crippen molar-refractivity contribution in [1.82, 2.24) is 10.2 Å². The molecule has 1 saturated heterocycles. The first-order valence-electron chi connectivity index (χ1n) is 9.48. The van der Waals surface area contributed by atoms with Crippen LogP contribution < -0.4 is 10.2 Å². The first-order chi connectivity index (χ1) is 13.9. The Morgan fingerprint density at radius 3 is 2.83 bits per heavy atom. The van der Waals surface area contributed by atoms with Crippen LogP contribution in [0.2, 0.25) is 0 Å². The fourth-order valence-corrected chi connectivity index (χ4v) is 4.16. The minimum Gasteiger partial charge on any atom is -0.453 e. The molecule has 3 heterocycles. The Labute approximate surface area is 167 Å². The van der Waals surface area contributed by atoms with Crippen molar-refractivity contribution in [3.05, 3.63) is 35.2 Å². The van der Waals surface area contributed by atoms with Crippen molar-refractivity contribution in [2.75, 3.05) is 31.6 Å². The zero-order valence-corrected chi connectivity index (χ0v) is 16.2. The van der Waals surface area contributed by atoms with Gasteiger partial charge in [-0.05, 0) is 36.1 Å². The average Bonchev–Trinajstić information content (AvgIpc) is 3.22. The highest BCUT2D eigenvalue weighted by Crippen LogP contribution is 2.41. The highest BCUT2D eigenvalue weighted by Gasteiger charge is 2.47. The Kier molecular flexibility index (Phi) is 4.89. The monoisotopic (exact) mass is 403 g/mol. The van der Waals surface area contributed by atoms with Crippen LogP contribution in [-0.4, -0.2) is 61.9 Å². The highest BCUT2D eigenvalue weighted by atomic mass is 19.1. The Balaban J connectivity index is 1.57. The Morgan fingerprint density at radius 1 is 1.38 bits per heavy atom. The number of carbonyl (C=O) groups is 3. The number of nitrogens with one attached hydrogen (secondary N) is 1. The molecule has 0 radical (unpaired) electrons. The predicted molar refractivity (Wildman–Crippen MR) is 102 cm³/mol. The summed E-state index contributed by atoms with van der Waals surface area (Å²) in [6, 6.07) is 2.89. The van der Waals surface area contributed by atoms with Crippen LogP contribution in [0.1, 0.15) is 24.5 Å². The molecule has 4 rings (SSSR count). The van der Waals surface area contributed by atoms with E-state index < -0.39 is 24.1 Å². The molecular weight excluding hydrogens is 381 g/mol. The van der Waals surface area contributed by atoms with Crippen LogP contribution in [0.5, 0.6) is 0 Å². The maximum absolute atomic E-state index is 14.9. The zero-order chi connectivity index (χ0) is 20.7. The van der Waals surface area contributed by atoms with Gasteiger partial charge in [0, 0.05) is 25.6 Å². The van der Waals surface area contributed by atoms with E-state index in [-0.39, 0.29) is 18.5 Å². The second kappa shape index (κ2) is 7.38. The highest BCUT2D eigenvalue weighted by molar-refractivity contribution is 5.94. The molecule has 3 aliphatic heterocycles. The molecule has 29 heavy (non-hydrogen) atoms. The summed E-state index contributed by atoms with van der Waals surface area (Å²) in [6.45, 7) is 2.44. The number of nitrogens with zero attached hydrogens (tertiary/aromatic N) is 2. The van der Waals surface area contributed by atoms with Crippen molar-refractivity contribution in [2.24, 2.45) is 0 Å². The fraction of sp³-hybridized carbons (Fsp3) is 0.450. The molecule has 3 amide bonds. The van der Waals surface area contributed by atoms with Gasteiger partial charge in [0.1, 0.15) is 11.9 Å². The Bertz CT molecular complexity index is 916. The number of anilines is 1. The number of ether oxygens (including phenoxy) is 2. The smallest absolute Gasteiger partial charge is 0.415 e. The molecule has 9 heteroatoms. The number of rotatable bonds is 3. The van der Waals surface area contributed by atoms with E-state index in [4.69, 9.17) is 9.47 Å². The molecule has 2 atom stereocenters. The van der Waals surface area contributed by atoms with Gasteiger partial charge < -0.3 is 19.7 Å². The van der Waals surface area contributed by atoms with E-state index in [9.17, 15) is 18.8 Å². The topological polar surface area (TPSA) is 88.2 Å². The van der Waals surface area contributed by atoms with Crippen LogP contribution in [0.3, 0.4) is 0 Å². The zero-order valence-electron chi connectivity index (χ0n) is 16.2. The Hall–Kier alpha value is -3.10. The summed E-state index contributed by atoms with van der Waals surface area (Å²) in [5.74, 6) is -0.617. The van der Waals surface area contributed by atoms with Gasteiger partial charge in [0.2, 0.25) is 5.91 Å². The van der Waals surface area contributed by atoms with Crippen molar-refractivity contribution < 1.29 is 28.2 Å². The van der Waals surface area contributed by atoms with Gasteiger partial charge in [-0.15, -0.1) is 0 Å². The summed E-state index contributed by atoms with van der Waals surface area (Å²) >= 11 is 0. The number of methoxy groups -OCH3 is 1. The van der Waals surface area contributed by atoms with Crippen molar-refractivity contribution >= 4 is 29.4 Å². The van der Waals surface area contributed by atoms with Crippen molar-refractivity contribution in [3.63, 3.8) is 0 Å². The lowest BCUT2D eigenvalue weighted by Gasteiger charge is -2.25. The summed E-state index contributed by atoms with van der Waals surface area (Å²) in [7, 11) is 1.33. The number of halogens is 1. The van der Waals surface area contributed by atoms with Gasteiger partial charge in [0.15, 0.2) is 0 Å². The molecule has 1 N–H and O–H groups in total. The van der Waals surface area contributed by atoms with E-state index in [2.05, 4.69) is 5.32 Å². The number of cyclic esters (lactones) is 1. The number of amides is 3. The molecule has 8 nitrogen and oxygen atoms in total. The van der Waals surface area contributed by atoms with Crippen molar-refractivity contribution in [2.45, 2.75) is 31.9 Å². The quantitative estimate of drug-likeness (QED) is 0.835. The summed E-state index contributed by atoms with van der Waals surface area (Å²) in [6.07, 6.45) is 1.47. The lowest BCUT2D eigenvalue weighted by molar-refractivity contribution is -0.119. The first-order valence-corrected chi connectivity index (χ1v) is 9.48. The van der Waals surface area contributed by atoms with Crippen molar-refractivity contribution in [1.29, 1.82) is 0 Å². The summed E-state index contributed by atoms with van der Waals surface area (Å²) in [4.78, 5) is 38.1.